The molecule has 0 saturated carbocycles. The minimum atomic E-state index is 0.609. The largest absolute Gasteiger partial charge is 0.497 e. The normalized spacial score (nSPS) is 16.6. The minimum Gasteiger partial charge on any atom is -0.497 e. The Morgan fingerprint density at radius 2 is 2.00 bits per heavy atom. The lowest BCUT2D eigenvalue weighted by Crippen LogP contribution is -2.39. The van der Waals surface area contributed by atoms with Gasteiger partial charge in [-0.05, 0) is 32.0 Å². The number of nitrogens with one attached hydrogen (secondary N) is 2. The van der Waals surface area contributed by atoms with Gasteiger partial charge in [-0.25, -0.2) is 0 Å². The molecule has 0 unspecified atom stereocenters. The fourth-order valence-electron chi connectivity index (χ4n) is 2.28. The predicted octanol–water partition coefficient (Wildman–Crippen LogP) is 1.55. The minimum absolute atomic E-state index is 0.609. The van der Waals surface area contributed by atoms with E-state index in [1.54, 1.807) is 14.2 Å². The summed E-state index contributed by atoms with van der Waals surface area (Å²) in [6.07, 6.45) is 2.39. The maximum absolute atomic E-state index is 5.40. The number of piperidine rings is 1. The lowest BCUT2D eigenvalue weighted by molar-refractivity contribution is 0.372. The summed E-state index contributed by atoms with van der Waals surface area (Å²) in [7, 11) is 3.37. The van der Waals surface area contributed by atoms with Crippen LogP contribution in [-0.4, -0.2) is 33.4 Å². The smallest absolute Gasteiger partial charge is 0.127 e. The van der Waals surface area contributed by atoms with Crippen molar-refractivity contribution in [1.82, 2.24) is 10.6 Å². The molecule has 4 heteroatoms. The average Bonchev–Trinajstić information content (AvgIpc) is 2.46. The Morgan fingerprint density at radius 1 is 1.22 bits per heavy atom. The first-order chi connectivity index (χ1) is 8.83. The van der Waals surface area contributed by atoms with E-state index in [4.69, 9.17) is 9.47 Å². The maximum atomic E-state index is 5.40. The molecule has 0 radical (unpaired) electrons. The highest BCUT2D eigenvalue weighted by molar-refractivity contribution is 5.40. The number of ether oxygens (including phenoxy) is 2. The summed E-state index contributed by atoms with van der Waals surface area (Å²) in [6.45, 7) is 3.06. The Balaban J connectivity index is 1.95. The first-order valence-electron chi connectivity index (χ1n) is 6.48. The SMILES string of the molecule is COc1ccc(CNC2CCNCC2)c(OC)c1. The van der Waals surface area contributed by atoms with Gasteiger partial charge in [0.2, 0.25) is 0 Å². The molecule has 18 heavy (non-hydrogen) atoms. The van der Waals surface area contributed by atoms with E-state index in [-0.39, 0.29) is 0 Å². The summed E-state index contributed by atoms with van der Waals surface area (Å²) in [6, 6.07) is 6.57. The first kappa shape index (κ1) is 13.2. The van der Waals surface area contributed by atoms with Crippen molar-refractivity contribution in [3.05, 3.63) is 23.8 Å². The Bertz CT molecular complexity index is 376. The van der Waals surface area contributed by atoms with Crippen molar-refractivity contribution in [1.29, 1.82) is 0 Å². The van der Waals surface area contributed by atoms with Gasteiger partial charge >= 0.3 is 0 Å². The van der Waals surface area contributed by atoms with Gasteiger partial charge in [0.15, 0.2) is 0 Å². The van der Waals surface area contributed by atoms with Gasteiger partial charge < -0.3 is 20.1 Å². The topological polar surface area (TPSA) is 42.5 Å². The van der Waals surface area contributed by atoms with Crippen molar-refractivity contribution >= 4 is 0 Å². The van der Waals surface area contributed by atoms with Crippen molar-refractivity contribution < 1.29 is 9.47 Å². The molecular weight excluding hydrogens is 228 g/mol. The first-order valence-corrected chi connectivity index (χ1v) is 6.48. The molecule has 0 aliphatic carbocycles. The summed E-state index contributed by atoms with van der Waals surface area (Å²) in [4.78, 5) is 0. The molecule has 1 fully saturated rings. The van der Waals surface area contributed by atoms with Gasteiger partial charge in [0, 0.05) is 24.2 Å². The Kier molecular flexibility index (Phi) is 4.84. The van der Waals surface area contributed by atoms with Crippen molar-refractivity contribution in [3.63, 3.8) is 0 Å². The van der Waals surface area contributed by atoms with Crippen molar-refractivity contribution in [3.8, 4) is 11.5 Å². The molecule has 0 atom stereocenters. The molecule has 1 aliphatic rings. The van der Waals surface area contributed by atoms with E-state index >= 15 is 0 Å². The van der Waals surface area contributed by atoms with Gasteiger partial charge in [-0.15, -0.1) is 0 Å². The third kappa shape index (κ3) is 3.37. The van der Waals surface area contributed by atoms with Crippen molar-refractivity contribution in [2.45, 2.75) is 25.4 Å². The zero-order valence-electron chi connectivity index (χ0n) is 11.2. The lowest BCUT2D eigenvalue weighted by atomic mass is 10.1. The molecule has 100 valence electrons. The number of methoxy groups -OCH3 is 2. The molecule has 0 spiro atoms. The van der Waals surface area contributed by atoms with Crippen LogP contribution < -0.4 is 20.1 Å². The van der Waals surface area contributed by atoms with Crippen LogP contribution in [0.15, 0.2) is 18.2 Å². The fourth-order valence-corrected chi connectivity index (χ4v) is 2.28. The number of hydrogen-bond donors (Lipinski definition) is 2. The van der Waals surface area contributed by atoms with E-state index < -0.39 is 0 Å². The molecule has 0 aromatic heterocycles. The monoisotopic (exact) mass is 250 g/mol. The molecular formula is C14H22N2O2. The van der Waals surface area contributed by atoms with E-state index in [0.717, 1.165) is 31.1 Å². The zero-order valence-corrected chi connectivity index (χ0v) is 11.2. The second kappa shape index (κ2) is 6.61. The zero-order chi connectivity index (χ0) is 12.8. The van der Waals surface area contributed by atoms with Crippen molar-refractivity contribution in [2.24, 2.45) is 0 Å². The van der Waals surface area contributed by atoms with E-state index in [2.05, 4.69) is 16.7 Å². The Hall–Kier alpha value is -1.26. The number of hydrogen-bond acceptors (Lipinski definition) is 4. The second-order valence-corrected chi connectivity index (χ2v) is 4.58. The quantitative estimate of drug-likeness (QED) is 0.832. The summed E-state index contributed by atoms with van der Waals surface area (Å²) in [5.41, 5.74) is 1.18. The van der Waals surface area contributed by atoms with Gasteiger partial charge in [-0.2, -0.15) is 0 Å². The third-order valence-corrected chi connectivity index (χ3v) is 3.41. The molecule has 1 aromatic carbocycles. The molecule has 1 heterocycles. The maximum Gasteiger partial charge on any atom is 0.127 e. The van der Waals surface area contributed by atoms with Gasteiger partial charge in [-0.3, -0.25) is 0 Å². The van der Waals surface area contributed by atoms with Gasteiger partial charge in [0.25, 0.3) is 0 Å². The molecule has 0 bridgehead atoms. The summed E-state index contributed by atoms with van der Waals surface area (Å²) >= 11 is 0. The second-order valence-electron chi connectivity index (χ2n) is 4.58. The van der Waals surface area contributed by atoms with Gasteiger partial charge in [0.05, 0.1) is 14.2 Å². The molecule has 2 N–H and O–H groups in total. The van der Waals surface area contributed by atoms with E-state index in [9.17, 15) is 0 Å². The third-order valence-electron chi connectivity index (χ3n) is 3.41. The van der Waals surface area contributed by atoms with Crippen LogP contribution >= 0.6 is 0 Å². The van der Waals surface area contributed by atoms with Crippen LogP contribution in [0.3, 0.4) is 0 Å². The summed E-state index contributed by atoms with van der Waals surface area (Å²) in [5.74, 6) is 1.72. The molecule has 1 aromatic rings. The highest BCUT2D eigenvalue weighted by Gasteiger charge is 2.13. The highest BCUT2D eigenvalue weighted by atomic mass is 16.5. The van der Waals surface area contributed by atoms with E-state index in [1.807, 2.05) is 12.1 Å². The Labute approximate surface area is 109 Å². The van der Waals surface area contributed by atoms with Crippen LogP contribution in [0.25, 0.3) is 0 Å². The van der Waals surface area contributed by atoms with Crippen LogP contribution in [0.1, 0.15) is 18.4 Å². The average molecular weight is 250 g/mol. The van der Waals surface area contributed by atoms with Gasteiger partial charge in [-0.1, -0.05) is 6.07 Å². The van der Waals surface area contributed by atoms with Crippen molar-refractivity contribution in [2.75, 3.05) is 27.3 Å². The van der Waals surface area contributed by atoms with Crippen LogP contribution in [0, 0.1) is 0 Å². The summed E-state index contributed by atoms with van der Waals surface area (Å²) in [5, 5.41) is 6.96. The van der Waals surface area contributed by atoms with Crippen LogP contribution in [-0.2, 0) is 6.54 Å². The standard InChI is InChI=1S/C14H22N2O2/c1-17-13-4-3-11(14(9-13)18-2)10-16-12-5-7-15-8-6-12/h3-4,9,12,15-16H,5-8,10H2,1-2H3. The predicted molar refractivity (Wildman–Crippen MR) is 72.3 cm³/mol. The van der Waals surface area contributed by atoms with Crippen LogP contribution in [0.4, 0.5) is 0 Å². The molecule has 1 saturated heterocycles. The van der Waals surface area contributed by atoms with E-state index in [0.29, 0.717) is 6.04 Å². The fraction of sp³-hybridized carbons (Fsp3) is 0.571. The molecule has 2 rings (SSSR count). The number of benzene rings is 1. The van der Waals surface area contributed by atoms with Crippen LogP contribution in [0.5, 0.6) is 11.5 Å². The lowest BCUT2D eigenvalue weighted by Gasteiger charge is -2.24. The van der Waals surface area contributed by atoms with Gasteiger partial charge in [0.1, 0.15) is 11.5 Å². The number of rotatable bonds is 5. The Morgan fingerprint density at radius 3 is 2.67 bits per heavy atom. The molecule has 4 nitrogen and oxygen atoms in total. The molecule has 1 aliphatic heterocycles. The highest BCUT2D eigenvalue weighted by Crippen LogP contribution is 2.24. The van der Waals surface area contributed by atoms with Crippen LogP contribution in [0.2, 0.25) is 0 Å². The van der Waals surface area contributed by atoms with E-state index in [1.165, 1.54) is 18.4 Å². The summed E-state index contributed by atoms with van der Waals surface area (Å²) < 4.78 is 10.6. The molecule has 0 amide bonds.